The number of carbonyl (C=O) groups is 2. The molecule has 1 heterocycles. The molecule has 0 radical (unpaired) electrons. The van der Waals surface area contributed by atoms with Crippen molar-refractivity contribution in [1.29, 1.82) is 0 Å². The second-order valence-electron chi connectivity index (χ2n) is 6.89. The fraction of sp³-hybridized carbons (Fsp3) is 0.300. The lowest BCUT2D eigenvalue weighted by Gasteiger charge is -2.26. The van der Waals surface area contributed by atoms with Crippen LogP contribution in [-0.4, -0.2) is 61.9 Å². The number of benzene rings is 2. The van der Waals surface area contributed by atoms with Crippen molar-refractivity contribution in [2.75, 3.05) is 31.6 Å². The fourth-order valence-corrected chi connectivity index (χ4v) is 4.40. The number of amides is 1. The van der Waals surface area contributed by atoms with Gasteiger partial charge in [0.05, 0.1) is 28.6 Å². The Morgan fingerprint density at radius 1 is 1.16 bits per heavy atom. The third-order valence-electron chi connectivity index (χ3n) is 4.66. The van der Waals surface area contributed by atoms with Gasteiger partial charge in [0.25, 0.3) is 11.6 Å². The number of non-ortho nitro benzene ring substituents is 1. The molecule has 1 amide bonds. The minimum Gasteiger partial charge on any atom is -0.449 e. The number of morpholine rings is 1. The molecule has 0 saturated carbocycles. The Kier molecular flexibility index (Phi) is 7.18. The molecule has 2 aromatic rings. The number of esters is 1. The van der Waals surface area contributed by atoms with Gasteiger partial charge in [-0.3, -0.25) is 14.9 Å². The number of rotatable bonds is 7. The average molecular weight is 463 g/mol. The molecule has 0 aromatic heterocycles. The van der Waals surface area contributed by atoms with E-state index < -0.39 is 32.9 Å². The summed E-state index contributed by atoms with van der Waals surface area (Å²) in [6.45, 7) is 2.34. The molecule has 12 heteroatoms. The summed E-state index contributed by atoms with van der Waals surface area (Å²) < 4.78 is 37.1. The Balaban J connectivity index is 1.67. The monoisotopic (exact) mass is 463 g/mol. The molecular formula is C20H21N3O8S. The zero-order valence-corrected chi connectivity index (χ0v) is 17.9. The Bertz CT molecular complexity index is 1130. The number of hydrogen-bond acceptors (Lipinski definition) is 8. The van der Waals surface area contributed by atoms with E-state index in [9.17, 15) is 28.1 Å². The number of nitrogens with one attached hydrogen (secondary N) is 1. The summed E-state index contributed by atoms with van der Waals surface area (Å²) in [5, 5.41) is 13.3. The summed E-state index contributed by atoms with van der Waals surface area (Å²) >= 11 is 0. The second kappa shape index (κ2) is 9.85. The molecule has 3 rings (SSSR count). The van der Waals surface area contributed by atoms with Gasteiger partial charge in [0, 0.05) is 30.9 Å². The molecule has 170 valence electrons. The van der Waals surface area contributed by atoms with Crippen LogP contribution in [0.3, 0.4) is 0 Å². The zero-order valence-electron chi connectivity index (χ0n) is 17.1. The van der Waals surface area contributed by atoms with E-state index in [0.29, 0.717) is 0 Å². The van der Waals surface area contributed by atoms with Gasteiger partial charge in [0.2, 0.25) is 10.0 Å². The van der Waals surface area contributed by atoms with Crippen molar-refractivity contribution in [3.05, 3.63) is 64.2 Å². The molecule has 1 saturated heterocycles. The van der Waals surface area contributed by atoms with E-state index in [1.165, 1.54) is 59.8 Å². The maximum absolute atomic E-state index is 12.8. The molecule has 1 N–H and O–H groups in total. The van der Waals surface area contributed by atoms with Gasteiger partial charge in [-0.25, -0.2) is 13.2 Å². The lowest BCUT2D eigenvalue weighted by molar-refractivity contribution is -0.384. The maximum Gasteiger partial charge on any atom is 0.338 e. The lowest BCUT2D eigenvalue weighted by atomic mass is 10.2. The number of carbonyl (C=O) groups excluding carboxylic acids is 2. The Labute approximate surface area is 184 Å². The van der Waals surface area contributed by atoms with Crippen LogP contribution in [0.4, 0.5) is 11.4 Å². The molecule has 0 bridgehead atoms. The number of nitro benzene ring substituents is 1. The molecule has 2 aromatic carbocycles. The number of hydrogen-bond donors (Lipinski definition) is 1. The van der Waals surface area contributed by atoms with Crippen LogP contribution in [0.15, 0.2) is 53.4 Å². The van der Waals surface area contributed by atoms with Crippen molar-refractivity contribution in [1.82, 2.24) is 4.31 Å². The summed E-state index contributed by atoms with van der Waals surface area (Å²) in [6, 6.07) is 10.7. The predicted molar refractivity (Wildman–Crippen MR) is 113 cm³/mol. The highest BCUT2D eigenvalue weighted by molar-refractivity contribution is 7.89. The first-order chi connectivity index (χ1) is 15.2. The Morgan fingerprint density at radius 3 is 2.53 bits per heavy atom. The summed E-state index contributed by atoms with van der Waals surface area (Å²) in [7, 11) is -3.80. The van der Waals surface area contributed by atoms with Crippen LogP contribution in [0.5, 0.6) is 0 Å². The van der Waals surface area contributed by atoms with Crippen molar-refractivity contribution in [2.45, 2.75) is 17.9 Å². The number of nitrogens with zero attached hydrogens (tertiary/aromatic N) is 2. The van der Waals surface area contributed by atoms with Crippen LogP contribution in [0, 0.1) is 10.1 Å². The summed E-state index contributed by atoms with van der Waals surface area (Å²) in [4.78, 5) is 35.0. The highest BCUT2D eigenvalue weighted by Gasteiger charge is 2.27. The van der Waals surface area contributed by atoms with Crippen molar-refractivity contribution >= 4 is 33.3 Å². The van der Waals surface area contributed by atoms with Gasteiger partial charge in [0.15, 0.2) is 6.10 Å². The standard InChI is InChI=1S/C20H21N3O8S/c1-14(19(24)21-16-5-3-6-17(13-16)23(26)27)31-20(25)15-4-2-7-18(12-15)32(28,29)22-8-10-30-11-9-22/h2-7,12-14H,8-11H2,1H3,(H,21,24). The molecule has 11 nitrogen and oxygen atoms in total. The highest BCUT2D eigenvalue weighted by Crippen LogP contribution is 2.20. The minimum absolute atomic E-state index is 0.0330. The minimum atomic E-state index is -3.80. The van der Waals surface area contributed by atoms with Crippen molar-refractivity contribution in [3.63, 3.8) is 0 Å². The van der Waals surface area contributed by atoms with Crippen molar-refractivity contribution < 1.29 is 32.4 Å². The molecular weight excluding hydrogens is 442 g/mol. The molecule has 1 aliphatic rings. The molecule has 0 aliphatic carbocycles. The quantitative estimate of drug-likeness (QED) is 0.372. The molecule has 32 heavy (non-hydrogen) atoms. The topological polar surface area (TPSA) is 145 Å². The van der Waals surface area contributed by atoms with Gasteiger partial charge in [0.1, 0.15) is 0 Å². The van der Waals surface area contributed by atoms with Crippen molar-refractivity contribution in [2.24, 2.45) is 0 Å². The van der Waals surface area contributed by atoms with E-state index in [1.807, 2.05) is 0 Å². The lowest BCUT2D eigenvalue weighted by Crippen LogP contribution is -2.40. The van der Waals surface area contributed by atoms with E-state index >= 15 is 0 Å². The van der Waals surface area contributed by atoms with E-state index in [-0.39, 0.29) is 48.1 Å². The van der Waals surface area contributed by atoms with Gasteiger partial charge >= 0.3 is 5.97 Å². The smallest absolute Gasteiger partial charge is 0.338 e. The van der Waals surface area contributed by atoms with Gasteiger partial charge in [-0.2, -0.15) is 4.31 Å². The first-order valence-corrected chi connectivity index (χ1v) is 11.1. The summed E-state index contributed by atoms with van der Waals surface area (Å²) in [5.41, 5.74) is -0.0641. The largest absolute Gasteiger partial charge is 0.449 e. The van der Waals surface area contributed by atoms with E-state index in [2.05, 4.69) is 5.32 Å². The molecule has 1 aliphatic heterocycles. The third kappa shape index (κ3) is 5.46. The molecule has 0 spiro atoms. The van der Waals surface area contributed by atoms with Gasteiger partial charge in [-0.1, -0.05) is 12.1 Å². The SMILES string of the molecule is CC(OC(=O)c1cccc(S(=O)(=O)N2CCOCC2)c1)C(=O)Nc1cccc([N+](=O)[O-])c1. The zero-order chi connectivity index (χ0) is 23.3. The highest BCUT2D eigenvalue weighted by atomic mass is 32.2. The Hall–Kier alpha value is -3.35. The summed E-state index contributed by atoms with van der Waals surface area (Å²) in [5.74, 6) is -1.58. The maximum atomic E-state index is 12.8. The van der Waals surface area contributed by atoms with Crippen LogP contribution in [0.25, 0.3) is 0 Å². The van der Waals surface area contributed by atoms with Gasteiger partial charge in [-0.05, 0) is 31.2 Å². The van der Waals surface area contributed by atoms with Crippen LogP contribution in [-0.2, 0) is 24.3 Å². The van der Waals surface area contributed by atoms with E-state index in [0.717, 1.165) is 0 Å². The van der Waals surface area contributed by atoms with Crippen LogP contribution in [0.2, 0.25) is 0 Å². The Morgan fingerprint density at radius 2 is 1.84 bits per heavy atom. The van der Waals surface area contributed by atoms with Crippen LogP contribution >= 0.6 is 0 Å². The second-order valence-corrected chi connectivity index (χ2v) is 8.83. The molecule has 1 atom stereocenters. The van der Waals surface area contributed by atoms with Gasteiger partial charge in [-0.15, -0.1) is 0 Å². The normalized spacial score (nSPS) is 15.5. The third-order valence-corrected chi connectivity index (χ3v) is 6.55. The fourth-order valence-electron chi connectivity index (χ4n) is 2.94. The van der Waals surface area contributed by atoms with E-state index in [4.69, 9.17) is 9.47 Å². The average Bonchev–Trinajstić information content (AvgIpc) is 2.79. The number of ether oxygens (including phenoxy) is 2. The molecule has 1 unspecified atom stereocenters. The number of anilines is 1. The van der Waals surface area contributed by atoms with Gasteiger partial charge < -0.3 is 14.8 Å². The summed E-state index contributed by atoms with van der Waals surface area (Å²) in [6.07, 6.45) is -1.23. The first-order valence-electron chi connectivity index (χ1n) is 9.63. The number of nitro groups is 1. The van der Waals surface area contributed by atoms with E-state index in [1.54, 1.807) is 0 Å². The van der Waals surface area contributed by atoms with Crippen molar-refractivity contribution in [3.8, 4) is 0 Å². The van der Waals surface area contributed by atoms with Crippen LogP contribution < -0.4 is 5.32 Å². The first kappa shape index (κ1) is 23.3. The predicted octanol–water partition coefficient (Wildman–Crippen LogP) is 1.80. The van der Waals surface area contributed by atoms with Crippen LogP contribution in [0.1, 0.15) is 17.3 Å². The molecule has 1 fully saturated rings. The number of sulfonamides is 1.